The summed E-state index contributed by atoms with van der Waals surface area (Å²) in [6, 6.07) is 18.0. The summed E-state index contributed by atoms with van der Waals surface area (Å²) in [5.41, 5.74) is 6.84. The highest BCUT2D eigenvalue weighted by Crippen LogP contribution is 2.36. The molecule has 0 aliphatic heterocycles. The molecule has 136 valence electrons. The van der Waals surface area contributed by atoms with Crippen molar-refractivity contribution in [3.63, 3.8) is 0 Å². The van der Waals surface area contributed by atoms with Gasteiger partial charge in [-0.05, 0) is 61.9 Å². The van der Waals surface area contributed by atoms with Crippen LogP contribution < -0.4 is 9.47 Å². The van der Waals surface area contributed by atoms with Gasteiger partial charge in [-0.1, -0.05) is 12.1 Å². The molecular weight excluding hydrogens is 338 g/mol. The molecule has 5 heteroatoms. The summed E-state index contributed by atoms with van der Waals surface area (Å²) in [5, 5.41) is 4.88. The van der Waals surface area contributed by atoms with Gasteiger partial charge in [0.05, 0.1) is 19.8 Å². The number of methoxy groups -OCH3 is 2. The highest BCUT2D eigenvalue weighted by atomic mass is 16.5. The van der Waals surface area contributed by atoms with Crippen LogP contribution in [0.2, 0.25) is 0 Å². The Hall–Kier alpha value is -3.34. The van der Waals surface area contributed by atoms with Crippen molar-refractivity contribution in [1.82, 2.24) is 14.6 Å². The molecule has 0 atom stereocenters. The second-order valence-electron chi connectivity index (χ2n) is 6.45. The van der Waals surface area contributed by atoms with Crippen LogP contribution in [0.1, 0.15) is 11.4 Å². The Kier molecular flexibility index (Phi) is 4.28. The summed E-state index contributed by atoms with van der Waals surface area (Å²) in [6.45, 7) is 4.05. The molecule has 27 heavy (non-hydrogen) atoms. The molecule has 0 fully saturated rings. The Labute approximate surface area is 158 Å². The Morgan fingerprint density at radius 1 is 0.778 bits per heavy atom. The SMILES string of the molecule is COc1ccc(-c2nn3c(C)cc(C)nc3c2-c2ccc(OC)cc2)cc1. The van der Waals surface area contributed by atoms with Crippen LogP contribution >= 0.6 is 0 Å². The summed E-state index contributed by atoms with van der Waals surface area (Å²) in [5.74, 6) is 1.64. The van der Waals surface area contributed by atoms with Crippen LogP contribution in [0.3, 0.4) is 0 Å². The number of hydrogen-bond acceptors (Lipinski definition) is 4. The number of rotatable bonds is 4. The highest BCUT2D eigenvalue weighted by molar-refractivity contribution is 5.90. The van der Waals surface area contributed by atoms with Gasteiger partial charge in [0.1, 0.15) is 17.2 Å². The zero-order chi connectivity index (χ0) is 19.0. The molecule has 0 spiro atoms. The van der Waals surface area contributed by atoms with Gasteiger partial charge in [-0.2, -0.15) is 5.10 Å². The molecule has 2 aromatic heterocycles. The second-order valence-corrected chi connectivity index (χ2v) is 6.45. The van der Waals surface area contributed by atoms with E-state index in [1.807, 2.05) is 73.0 Å². The number of benzene rings is 2. The lowest BCUT2D eigenvalue weighted by Crippen LogP contribution is -1.97. The van der Waals surface area contributed by atoms with Crippen LogP contribution in [0, 0.1) is 13.8 Å². The van der Waals surface area contributed by atoms with Gasteiger partial charge in [-0.3, -0.25) is 0 Å². The second kappa shape index (κ2) is 6.76. The molecule has 0 bridgehead atoms. The molecule has 0 amide bonds. The third-order valence-corrected chi connectivity index (χ3v) is 4.64. The van der Waals surface area contributed by atoms with Gasteiger partial charge < -0.3 is 9.47 Å². The largest absolute Gasteiger partial charge is 0.497 e. The highest BCUT2D eigenvalue weighted by Gasteiger charge is 2.19. The zero-order valence-corrected chi connectivity index (χ0v) is 15.9. The summed E-state index contributed by atoms with van der Waals surface area (Å²) >= 11 is 0. The number of hydrogen-bond donors (Lipinski definition) is 0. The number of aryl methyl sites for hydroxylation is 2. The third-order valence-electron chi connectivity index (χ3n) is 4.64. The van der Waals surface area contributed by atoms with Crippen molar-refractivity contribution in [3.8, 4) is 33.9 Å². The van der Waals surface area contributed by atoms with Crippen molar-refractivity contribution in [2.45, 2.75) is 13.8 Å². The van der Waals surface area contributed by atoms with Gasteiger partial charge in [0, 0.05) is 17.0 Å². The molecule has 5 nitrogen and oxygen atoms in total. The van der Waals surface area contributed by atoms with E-state index in [-0.39, 0.29) is 0 Å². The van der Waals surface area contributed by atoms with Gasteiger partial charge >= 0.3 is 0 Å². The number of nitrogens with zero attached hydrogens (tertiary/aromatic N) is 3. The first-order chi connectivity index (χ1) is 13.1. The fraction of sp³-hybridized carbons (Fsp3) is 0.182. The van der Waals surface area contributed by atoms with Gasteiger partial charge in [0.25, 0.3) is 0 Å². The van der Waals surface area contributed by atoms with E-state index in [0.717, 1.165) is 50.9 Å². The van der Waals surface area contributed by atoms with E-state index in [2.05, 4.69) is 0 Å². The zero-order valence-electron chi connectivity index (χ0n) is 15.9. The Morgan fingerprint density at radius 3 is 1.89 bits per heavy atom. The van der Waals surface area contributed by atoms with Crippen molar-refractivity contribution < 1.29 is 9.47 Å². The maximum absolute atomic E-state index is 5.30. The van der Waals surface area contributed by atoms with E-state index < -0.39 is 0 Å². The lowest BCUT2D eigenvalue weighted by Gasteiger charge is -2.06. The summed E-state index contributed by atoms with van der Waals surface area (Å²) < 4.78 is 12.5. The Bertz CT molecular complexity index is 1100. The molecule has 0 saturated carbocycles. The van der Waals surface area contributed by atoms with E-state index in [0.29, 0.717) is 0 Å². The maximum Gasteiger partial charge on any atom is 0.164 e. The molecule has 0 unspecified atom stereocenters. The van der Waals surface area contributed by atoms with Gasteiger partial charge in [0.15, 0.2) is 5.65 Å². The minimum absolute atomic E-state index is 0.818. The van der Waals surface area contributed by atoms with Gasteiger partial charge in [-0.25, -0.2) is 9.50 Å². The first-order valence-electron chi connectivity index (χ1n) is 8.76. The third kappa shape index (κ3) is 3.01. The van der Waals surface area contributed by atoms with Crippen LogP contribution in [0.5, 0.6) is 11.5 Å². The Morgan fingerprint density at radius 2 is 1.33 bits per heavy atom. The topological polar surface area (TPSA) is 48.7 Å². The number of fused-ring (bicyclic) bond motifs is 1. The van der Waals surface area contributed by atoms with Crippen molar-refractivity contribution >= 4 is 5.65 Å². The molecule has 2 heterocycles. The van der Waals surface area contributed by atoms with Crippen LogP contribution in [-0.2, 0) is 0 Å². The summed E-state index contributed by atoms with van der Waals surface area (Å²) in [7, 11) is 3.33. The van der Waals surface area contributed by atoms with E-state index in [1.165, 1.54) is 0 Å². The van der Waals surface area contributed by atoms with E-state index in [9.17, 15) is 0 Å². The predicted octanol–water partition coefficient (Wildman–Crippen LogP) is 4.70. The van der Waals surface area contributed by atoms with Crippen molar-refractivity contribution in [3.05, 3.63) is 66.0 Å². The average molecular weight is 359 g/mol. The lowest BCUT2D eigenvalue weighted by molar-refractivity contribution is 0.414. The first kappa shape index (κ1) is 17.1. The van der Waals surface area contributed by atoms with Crippen LogP contribution in [-0.4, -0.2) is 28.8 Å². The fourth-order valence-electron chi connectivity index (χ4n) is 3.30. The first-order valence-corrected chi connectivity index (χ1v) is 8.76. The van der Waals surface area contributed by atoms with E-state index >= 15 is 0 Å². The predicted molar refractivity (Wildman–Crippen MR) is 106 cm³/mol. The molecular formula is C22H21N3O2. The molecule has 0 N–H and O–H groups in total. The average Bonchev–Trinajstić information content (AvgIpc) is 3.08. The number of ether oxygens (including phenoxy) is 2. The Balaban J connectivity index is 2.00. The smallest absolute Gasteiger partial charge is 0.164 e. The van der Waals surface area contributed by atoms with E-state index in [1.54, 1.807) is 14.2 Å². The summed E-state index contributed by atoms with van der Waals surface area (Å²) in [6.07, 6.45) is 0. The molecule has 0 aliphatic rings. The fourth-order valence-corrected chi connectivity index (χ4v) is 3.30. The van der Waals surface area contributed by atoms with Crippen LogP contribution in [0.15, 0.2) is 54.6 Å². The van der Waals surface area contributed by atoms with E-state index in [4.69, 9.17) is 19.6 Å². The van der Waals surface area contributed by atoms with Gasteiger partial charge in [-0.15, -0.1) is 0 Å². The monoisotopic (exact) mass is 359 g/mol. The van der Waals surface area contributed by atoms with Crippen molar-refractivity contribution in [2.75, 3.05) is 14.2 Å². The van der Waals surface area contributed by atoms with Crippen molar-refractivity contribution in [2.24, 2.45) is 0 Å². The van der Waals surface area contributed by atoms with Crippen LogP contribution in [0.4, 0.5) is 0 Å². The maximum atomic E-state index is 5.30. The molecule has 4 aromatic rings. The molecule has 4 rings (SSSR count). The summed E-state index contributed by atoms with van der Waals surface area (Å²) in [4.78, 5) is 4.78. The quantitative estimate of drug-likeness (QED) is 0.530. The standard InChI is InChI=1S/C22H21N3O2/c1-14-13-15(2)25-22(23-14)20(16-5-9-18(26-3)10-6-16)21(24-25)17-7-11-19(27-4)12-8-17/h5-13H,1-4H3. The lowest BCUT2D eigenvalue weighted by atomic mass is 10.0. The molecule has 0 aliphatic carbocycles. The number of aromatic nitrogens is 3. The van der Waals surface area contributed by atoms with Gasteiger partial charge in [0.2, 0.25) is 0 Å². The minimum Gasteiger partial charge on any atom is -0.497 e. The minimum atomic E-state index is 0.818. The molecule has 0 radical (unpaired) electrons. The normalized spacial score (nSPS) is 11.0. The van der Waals surface area contributed by atoms with Crippen molar-refractivity contribution in [1.29, 1.82) is 0 Å². The molecule has 0 saturated heterocycles. The molecule has 2 aromatic carbocycles. The van der Waals surface area contributed by atoms with Crippen LogP contribution in [0.25, 0.3) is 28.0 Å².